The Morgan fingerprint density at radius 3 is 2.45 bits per heavy atom. The summed E-state index contributed by atoms with van der Waals surface area (Å²) in [5.41, 5.74) is 1.61. The van der Waals surface area contributed by atoms with E-state index in [1.807, 2.05) is 11.8 Å². The number of fused-ring (bicyclic) bond motifs is 1. The minimum absolute atomic E-state index is 0.0173. The van der Waals surface area contributed by atoms with Gasteiger partial charge in [-0.25, -0.2) is 4.98 Å². The van der Waals surface area contributed by atoms with Crippen molar-refractivity contribution in [3.63, 3.8) is 0 Å². The number of nitrogens with one attached hydrogen (secondary N) is 1. The predicted molar refractivity (Wildman–Crippen MR) is 116 cm³/mol. The molecule has 31 heavy (non-hydrogen) atoms. The topological polar surface area (TPSA) is 75.5 Å². The fourth-order valence-electron chi connectivity index (χ4n) is 4.28. The van der Waals surface area contributed by atoms with Crippen LogP contribution < -0.4 is 24.2 Å². The van der Waals surface area contributed by atoms with Crippen LogP contribution in [0.2, 0.25) is 0 Å². The maximum atomic E-state index is 13.0. The molecule has 164 valence electrons. The predicted octanol–water partition coefficient (Wildman–Crippen LogP) is -0.189. The van der Waals surface area contributed by atoms with Gasteiger partial charge in [-0.15, -0.1) is 0 Å². The number of quaternary nitrogens is 1. The molecule has 1 N–H and O–H groups in total. The zero-order valence-electron chi connectivity index (χ0n) is 18.1. The van der Waals surface area contributed by atoms with E-state index in [1.165, 1.54) is 0 Å². The largest absolute Gasteiger partial charge is 0.454 e. The van der Waals surface area contributed by atoms with Crippen molar-refractivity contribution in [2.24, 2.45) is 0 Å². The molecular formula is C22H29N6O3+. The van der Waals surface area contributed by atoms with Gasteiger partial charge in [-0.2, -0.15) is 4.98 Å². The van der Waals surface area contributed by atoms with E-state index in [0.29, 0.717) is 43.2 Å². The number of ether oxygens (including phenoxy) is 2. The Hall–Kier alpha value is -3.07. The number of likely N-dealkylation sites (N-methyl/N-ethyl adjacent to an activating group) is 1. The van der Waals surface area contributed by atoms with E-state index in [9.17, 15) is 4.79 Å². The molecule has 9 heteroatoms. The summed E-state index contributed by atoms with van der Waals surface area (Å²) in [4.78, 5) is 30.5. The summed E-state index contributed by atoms with van der Waals surface area (Å²) in [5.74, 6) is 3.11. The van der Waals surface area contributed by atoms with Gasteiger partial charge in [0.1, 0.15) is 5.82 Å². The number of aromatic nitrogens is 2. The Labute approximate surface area is 182 Å². The molecule has 2 aromatic rings. The van der Waals surface area contributed by atoms with Crippen LogP contribution >= 0.6 is 0 Å². The summed E-state index contributed by atoms with van der Waals surface area (Å²) in [7, 11) is 2.23. The third-order valence-corrected chi connectivity index (χ3v) is 6.24. The second-order valence-corrected chi connectivity index (χ2v) is 8.46. The molecule has 0 aliphatic carbocycles. The number of rotatable bonds is 3. The lowest BCUT2D eigenvalue weighted by atomic mass is 10.1. The molecule has 0 spiro atoms. The molecule has 0 bridgehead atoms. The molecule has 1 amide bonds. The Kier molecular flexibility index (Phi) is 5.27. The molecule has 2 saturated heterocycles. The van der Waals surface area contributed by atoms with E-state index in [-0.39, 0.29) is 12.7 Å². The fourth-order valence-corrected chi connectivity index (χ4v) is 4.28. The van der Waals surface area contributed by atoms with Gasteiger partial charge in [-0.05, 0) is 25.1 Å². The molecule has 2 fully saturated rings. The first kappa shape index (κ1) is 19.9. The number of aryl methyl sites for hydroxylation is 1. The molecule has 3 aliphatic heterocycles. The molecule has 0 atom stereocenters. The van der Waals surface area contributed by atoms with E-state index < -0.39 is 0 Å². The average molecular weight is 426 g/mol. The highest BCUT2D eigenvalue weighted by Gasteiger charge is 2.26. The standard InChI is InChI=1S/C22H28N6O3/c1-16-13-20(26-7-5-25(2)6-8-26)24-22(23-16)28-11-9-27(10-12-28)21(29)17-3-4-18-19(14-17)31-15-30-18/h3-4,13-14H,5-12,15H2,1-2H3/p+1. The molecule has 0 unspecified atom stereocenters. The minimum Gasteiger partial charge on any atom is -0.454 e. The molecule has 1 aromatic heterocycles. The SMILES string of the molecule is Cc1cc(N2CC[NH+](C)CC2)nc(N2CCN(C(=O)c3ccc4c(c3)OCO4)CC2)n1. The summed E-state index contributed by atoms with van der Waals surface area (Å²) in [6, 6.07) is 7.44. The average Bonchev–Trinajstić information content (AvgIpc) is 3.27. The highest BCUT2D eigenvalue weighted by atomic mass is 16.7. The summed E-state index contributed by atoms with van der Waals surface area (Å²) < 4.78 is 10.7. The van der Waals surface area contributed by atoms with E-state index in [0.717, 1.165) is 43.6 Å². The molecule has 4 heterocycles. The zero-order chi connectivity index (χ0) is 21.4. The van der Waals surface area contributed by atoms with Crippen molar-refractivity contribution < 1.29 is 19.2 Å². The van der Waals surface area contributed by atoms with Crippen LogP contribution in [0, 0.1) is 6.92 Å². The van der Waals surface area contributed by atoms with Gasteiger partial charge in [0, 0.05) is 43.5 Å². The van der Waals surface area contributed by atoms with Crippen LogP contribution in [-0.2, 0) is 0 Å². The highest BCUT2D eigenvalue weighted by Crippen LogP contribution is 2.33. The Balaban J connectivity index is 1.24. The molecular weight excluding hydrogens is 396 g/mol. The van der Waals surface area contributed by atoms with Gasteiger partial charge in [0.2, 0.25) is 12.7 Å². The Bertz CT molecular complexity index is 968. The zero-order valence-corrected chi connectivity index (χ0v) is 18.1. The number of piperazine rings is 2. The van der Waals surface area contributed by atoms with Crippen LogP contribution in [0.4, 0.5) is 11.8 Å². The summed E-state index contributed by atoms with van der Waals surface area (Å²) in [5, 5.41) is 0. The van der Waals surface area contributed by atoms with Gasteiger partial charge >= 0.3 is 0 Å². The van der Waals surface area contributed by atoms with Crippen LogP contribution in [0.1, 0.15) is 16.1 Å². The van der Waals surface area contributed by atoms with E-state index in [2.05, 4.69) is 27.9 Å². The van der Waals surface area contributed by atoms with Crippen LogP contribution in [0.15, 0.2) is 24.3 Å². The maximum Gasteiger partial charge on any atom is 0.254 e. The number of anilines is 2. The van der Waals surface area contributed by atoms with Crippen molar-refractivity contribution in [1.82, 2.24) is 14.9 Å². The lowest BCUT2D eigenvalue weighted by Gasteiger charge is -2.36. The summed E-state index contributed by atoms with van der Waals surface area (Å²) >= 11 is 0. The van der Waals surface area contributed by atoms with Gasteiger partial charge in [-0.1, -0.05) is 0 Å². The minimum atomic E-state index is 0.0173. The first-order valence-corrected chi connectivity index (χ1v) is 10.9. The first-order valence-electron chi connectivity index (χ1n) is 10.9. The van der Waals surface area contributed by atoms with E-state index in [4.69, 9.17) is 14.5 Å². The first-order chi connectivity index (χ1) is 15.1. The maximum absolute atomic E-state index is 13.0. The summed E-state index contributed by atoms with van der Waals surface area (Å²) in [6.45, 7) is 9.21. The summed E-state index contributed by atoms with van der Waals surface area (Å²) in [6.07, 6.45) is 0. The number of nitrogens with zero attached hydrogens (tertiary/aromatic N) is 5. The van der Waals surface area contributed by atoms with Crippen LogP contribution in [-0.4, -0.2) is 87.0 Å². The third kappa shape index (κ3) is 4.10. The smallest absolute Gasteiger partial charge is 0.254 e. The second-order valence-electron chi connectivity index (χ2n) is 8.46. The van der Waals surface area contributed by atoms with Crippen LogP contribution in [0.5, 0.6) is 11.5 Å². The van der Waals surface area contributed by atoms with Crippen LogP contribution in [0.3, 0.4) is 0 Å². The van der Waals surface area contributed by atoms with Crippen molar-refractivity contribution in [2.45, 2.75) is 6.92 Å². The van der Waals surface area contributed by atoms with Crippen LogP contribution in [0.25, 0.3) is 0 Å². The van der Waals surface area contributed by atoms with Gasteiger partial charge < -0.3 is 29.1 Å². The van der Waals surface area contributed by atoms with Crippen molar-refractivity contribution in [3.05, 3.63) is 35.5 Å². The highest BCUT2D eigenvalue weighted by molar-refractivity contribution is 5.95. The molecule has 1 aromatic carbocycles. The molecule has 0 radical (unpaired) electrons. The Morgan fingerprint density at radius 2 is 1.68 bits per heavy atom. The fraction of sp³-hybridized carbons (Fsp3) is 0.500. The van der Waals surface area contributed by atoms with Crippen molar-refractivity contribution in [3.8, 4) is 11.5 Å². The number of carbonyl (C=O) groups is 1. The third-order valence-electron chi connectivity index (χ3n) is 6.24. The van der Waals surface area contributed by atoms with Gasteiger partial charge in [0.05, 0.1) is 33.2 Å². The van der Waals surface area contributed by atoms with E-state index in [1.54, 1.807) is 23.1 Å². The lowest BCUT2D eigenvalue weighted by Crippen LogP contribution is -3.12. The lowest BCUT2D eigenvalue weighted by molar-refractivity contribution is -0.880. The molecule has 3 aliphatic rings. The van der Waals surface area contributed by atoms with Crippen molar-refractivity contribution in [1.29, 1.82) is 0 Å². The van der Waals surface area contributed by atoms with E-state index >= 15 is 0 Å². The van der Waals surface area contributed by atoms with Gasteiger partial charge in [-0.3, -0.25) is 4.79 Å². The Morgan fingerprint density at radius 1 is 0.935 bits per heavy atom. The van der Waals surface area contributed by atoms with Gasteiger partial charge in [0.15, 0.2) is 11.5 Å². The molecule has 5 rings (SSSR count). The quantitative estimate of drug-likeness (QED) is 0.731. The second kappa shape index (κ2) is 8.22. The number of amides is 1. The monoisotopic (exact) mass is 425 g/mol. The number of hydrogen-bond acceptors (Lipinski definition) is 7. The number of benzene rings is 1. The van der Waals surface area contributed by atoms with Crippen molar-refractivity contribution >= 4 is 17.7 Å². The van der Waals surface area contributed by atoms with Gasteiger partial charge in [0.25, 0.3) is 5.91 Å². The number of carbonyl (C=O) groups excluding carboxylic acids is 1. The number of hydrogen-bond donors (Lipinski definition) is 1. The molecule has 9 nitrogen and oxygen atoms in total. The molecule has 0 saturated carbocycles. The normalized spacial score (nSPS) is 19.1. The van der Waals surface area contributed by atoms with Crippen molar-refractivity contribution in [2.75, 3.05) is 76.0 Å².